The van der Waals surface area contributed by atoms with E-state index in [1.807, 2.05) is 0 Å². The summed E-state index contributed by atoms with van der Waals surface area (Å²) in [5.41, 5.74) is 1.23. The number of carboxylic acids is 2. The van der Waals surface area contributed by atoms with Crippen molar-refractivity contribution in [3.63, 3.8) is 0 Å². The van der Waals surface area contributed by atoms with Crippen molar-refractivity contribution in [2.75, 3.05) is 0 Å². The largest absolute Gasteiger partial charge is 0.478 e. The minimum absolute atomic E-state index is 0.301. The lowest BCUT2D eigenvalue weighted by atomic mass is 10.1. The minimum atomic E-state index is -0.902. The van der Waals surface area contributed by atoms with Crippen molar-refractivity contribution in [2.45, 2.75) is 6.92 Å². The number of rotatable bonds is 3. The maximum Gasteiger partial charge on any atom is 0.335 e. The summed E-state index contributed by atoms with van der Waals surface area (Å²) >= 11 is 0. The molecule has 17 heavy (non-hydrogen) atoms. The summed E-state index contributed by atoms with van der Waals surface area (Å²) < 4.78 is 0. The zero-order chi connectivity index (χ0) is 13.3. The van der Waals surface area contributed by atoms with Gasteiger partial charge in [-0.1, -0.05) is 30.9 Å². The van der Waals surface area contributed by atoms with Crippen LogP contribution in [-0.2, 0) is 4.79 Å². The van der Waals surface area contributed by atoms with Crippen LogP contribution in [0.25, 0.3) is 6.08 Å². The average Bonchev–Trinajstić information content (AvgIpc) is 2.29. The quantitative estimate of drug-likeness (QED) is 0.788. The Balaban J connectivity index is 0.000000366. The molecule has 1 aromatic rings. The summed E-state index contributed by atoms with van der Waals surface area (Å²) in [4.78, 5) is 19.9. The van der Waals surface area contributed by atoms with Crippen molar-refractivity contribution in [1.82, 2.24) is 0 Å². The molecule has 0 saturated carbocycles. The van der Waals surface area contributed by atoms with Crippen molar-refractivity contribution in [3.8, 4) is 0 Å². The van der Waals surface area contributed by atoms with Gasteiger partial charge in [0.15, 0.2) is 0 Å². The first kappa shape index (κ1) is 14.6. The highest BCUT2D eigenvalue weighted by Gasteiger charge is 1.99. The molecule has 0 aliphatic carbocycles. The molecule has 0 bridgehead atoms. The summed E-state index contributed by atoms with van der Waals surface area (Å²) in [7, 11) is 0. The van der Waals surface area contributed by atoms with Crippen LogP contribution in [0.1, 0.15) is 22.8 Å². The summed E-state index contributed by atoms with van der Waals surface area (Å²) in [6, 6.07) is 6.55. The molecule has 0 spiro atoms. The van der Waals surface area contributed by atoms with Gasteiger partial charge in [0.1, 0.15) is 0 Å². The Bertz CT molecular complexity index is 416. The fourth-order valence-electron chi connectivity index (χ4n) is 0.904. The lowest BCUT2D eigenvalue weighted by Crippen LogP contribution is -1.94. The maximum absolute atomic E-state index is 10.4. The molecule has 0 amide bonds. The summed E-state index contributed by atoms with van der Waals surface area (Å²) in [6.45, 7) is 5.22. The first-order valence-electron chi connectivity index (χ1n) is 4.82. The van der Waals surface area contributed by atoms with E-state index >= 15 is 0 Å². The van der Waals surface area contributed by atoms with E-state index in [-0.39, 0.29) is 0 Å². The van der Waals surface area contributed by atoms with Gasteiger partial charge in [-0.15, -0.1) is 0 Å². The standard InChI is InChI=1S/C9H8O2.C4H6O2/c1-2-7-3-5-8(6-4-7)9(10)11;1-2-3-4(5)6/h2-6H,1H2,(H,10,11);2-3H,1H3,(H,5,6)/b;3-2+. The van der Waals surface area contributed by atoms with E-state index in [0.717, 1.165) is 11.6 Å². The second-order valence-corrected chi connectivity index (χ2v) is 2.97. The molecule has 4 nitrogen and oxygen atoms in total. The third-order valence-corrected chi connectivity index (χ3v) is 1.70. The van der Waals surface area contributed by atoms with Crippen molar-refractivity contribution in [2.24, 2.45) is 0 Å². The number of hydrogen-bond donors (Lipinski definition) is 2. The molecule has 2 N–H and O–H groups in total. The lowest BCUT2D eigenvalue weighted by Gasteiger charge is -1.93. The van der Waals surface area contributed by atoms with Crippen molar-refractivity contribution in [3.05, 3.63) is 54.1 Å². The molecule has 0 radical (unpaired) electrons. The van der Waals surface area contributed by atoms with Gasteiger partial charge < -0.3 is 10.2 Å². The Morgan fingerprint density at radius 3 is 1.94 bits per heavy atom. The van der Waals surface area contributed by atoms with Crippen molar-refractivity contribution < 1.29 is 19.8 Å². The predicted octanol–water partition coefficient (Wildman–Crippen LogP) is 2.67. The molecule has 0 aromatic heterocycles. The van der Waals surface area contributed by atoms with E-state index in [1.165, 1.54) is 6.08 Å². The molecule has 1 aromatic carbocycles. The van der Waals surface area contributed by atoms with Crippen molar-refractivity contribution >= 4 is 18.0 Å². The van der Waals surface area contributed by atoms with E-state index < -0.39 is 11.9 Å². The molecule has 0 aliphatic rings. The van der Waals surface area contributed by atoms with Gasteiger partial charge in [-0.3, -0.25) is 0 Å². The molecule has 0 fully saturated rings. The Hall–Kier alpha value is -2.36. The molecule has 0 unspecified atom stereocenters. The van der Waals surface area contributed by atoms with Crippen LogP contribution in [-0.4, -0.2) is 22.2 Å². The molecule has 0 atom stereocenters. The van der Waals surface area contributed by atoms with Gasteiger partial charge >= 0.3 is 11.9 Å². The highest BCUT2D eigenvalue weighted by Crippen LogP contribution is 2.04. The van der Waals surface area contributed by atoms with Gasteiger partial charge in [-0.05, 0) is 24.6 Å². The highest BCUT2D eigenvalue weighted by atomic mass is 16.4. The second kappa shape index (κ2) is 7.87. The van der Waals surface area contributed by atoms with E-state index in [4.69, 9.17) is 10.2 Å². The second-order valence-electron chi connectivity index (χ2n) is 2.97. The lowest BCUT2D eigenvalue weighted by molar-refractivity contribution is -0.131. The summed E-state index contributed by atoms with van der Waals surface area (Å²) in [5, 5.41) is 16.3. The normalized spacial score (nSPS) is 9.24. The van der Waals surface area contributed by atoms with Gasteiger partial charge in [-0.2, -0.15) is 0 Å². The predicted molar refractivity (Wildman–Crippen MR) is 65.9 cm³/mol. The van der Waals surface area contributed by atoms with E-state index in [9.17, 15) is 9.59 Å². The fourth-order valence-corrected chi connectivity index (χ4v) is 0.904. The molecule has 0 aliphatic heterocycles. The first-order valence-corrected chi connectivity index (χ1v) is 4.82. The SMILES string of the molecule is C/C=C/C(=O)O.C=Cc1ccc(C(=O)O)cc1. The van der Waals surface area contributed by atoms with Gasteiger partial charge in [0, 0.05) is 6.08 Å². The van der Waals surface area contributed by atoms with Gasteiger partial charge in [0.2, 0.25) is 0 Å². The van der Waals surface area contributed by atoms with Crippen LogP contribution in [0.5, 0.6) is 0 Å². The Kier molecular flexibility index (Phi) is 6.78. The van der Waals surface area contributed by atoms with Crippen LogP contribution >= 0.6 is 0 Å². The number of benzene rings is 1. The molecule has 1 rings (SSSR count). The van der Waals surface area contributed by atoms with Crippen LogP contribution in [0.2, 0.25) is 0 Å². The van der Waals surface area contributed by atoms with Crippen molar-refractivity contribution in [1.29, 1.82) is 0 Å². The Labute approximate surface area is 99.5 Å². The fraction of sp³-hybridized carbons (Fsp3) is 0.0769. The Morgan fingerprint density at radius 2 is 1.71 bits per heavy atom. The molecule has 0 heterocycles. The zero-order valence-corrected chi connectivity index (χ0v) is 9.46. The third-order valence-electron chi connectivity index (χ3n) is 1.70. The minimum Gasteiger partial charge on any atom is -0.478 e. The number of aliphatic carboxylic acids is 1. The zero-order valence-electron chi connectivity index (χ0n) is 9.46. The molecule has 4 heteroatoms. The summed E-state index contributed by atoms with van der Waals surface area (Å²) in [5.74, 6) is -1.79. The van der Waals surface area contributed by atoms with E-state index in [0.29, 0.717) is 5.56 Å². The van der Waals surface area contributed by atoms with E-state index in [2.05, 4.69) is 6.58 Å². The Morgan fingerprint density at radius 1 is 1.18 bits per heavy atom. The number of carbonyl (C=O) groups is 2. The molecule has 0 saturated heterocycles. The molecular formula is C13H14O4. The summed E-state index contributed by atoms with van der Waals surface area (Å²) in [6.07, 6.45) is 4.23. The molecule has 90 valence electrons. The first-order chi connectivity index (χ1) is 8.01. The monoisotopic (exact) mass is 234 g/mol. The van der Waals surface area contributed by atoms with Gasteiger partial charge in [-0.25, -0.2) is 9.59 Å². The van der Waals surface area contributed by atoms with Gasteiger partial charge in [0.05, 0.1) is 5.56 Å². The molecular weight excluding hydrogens is 220 g/mol. The average molecular weight is 234 g/mol. The van der Waals surface area contributed by atoms with Crippen LogP contribution in [0, 0.1) is 0 Å². The number of allylic oxidation sites excluding steroid dienone is 1. The van der Waals surface area contributed by atoms with Crippen LogP contribution in [0.4, 0.5) is 0 Å². The van der Waals surface area contributed by atoms with Crippen LogP contribution in [0.15, 0.2) is 43.0 Å². The maximum atomic E-state index is 10.4. The van der Waals surface area contributed by atoms with Crippen LogP contribution < -0.4 is 0 Å². The highest BCUT2D eigenvalue weighted by molar-refractivity contribution is 5.87. The number of carboxylic acid groups (broad SMARTS) is 2. The number of hydrogen-bond acceptors (Lipinski definition) is 2. The van der Waals surface area contributed by atoms with E-state index in [1.54, 1.807) is 37.3 Å². The topological polar surface area (TPSA) is 74.6 Å². The third kappa shape index (κ3) is 6.67. The van der Waals surface area contributed by atoms with Gasteiger partial charge in [0.25, 0.3) is 0 Å². The smallest absolute Gasteiger partial charge is 0.335 e. The number of aromatic carboxylic acids is 1. The van der Waals surface area contributed by atoms with Crippen LogP contribution in [0.3, 0.4) is 0 Å².